The van der Waals surface area contributed by atoms with Gasteiger partial charge in [0.25, 0.3) is 0 Å². The van der Waals surface area contributed by atoms with Crippen molar-refractivity contribution in [1.29, 1.82) is 0 Å². The molecule has 0 aliphatic heterocycles. The van der Waals surface area contributed by atoms with E-state index in [9.17, 15) is 4.79 Å². The molecule has 1 aromatic heterocycles. The second-order valence-corrected chi connectivity index (χ2v) is 4.83. The fraction of sp³-hybridized carbons (Fsp3) is 0.286. The number of nitrogens with one attached hydrogen (secondary N) is 2. The molecule has 2 aromatic rings. The molecule has 0 aliphatic rings. The molecule has 100 valence electrons. The number of benzene rings is 1. The molecule has 1 aromatic carbocycles. The molecule has 0 radical (unpaired) electrons. The van der Waals surface area contributed by atoms with Crippen molar-refractivity contribution in [3.8, 4) is 0 Å². The number of anilines is 1. The van der Waals surface area contributed by atoms with Crippen LogP contribution < -0.4 is 11.1 Å². The van der Waals surface area contributed by atoms with Crippen LogP contribution in [0.1, 0.15) is 23.9 Å². The van der Waals surface area contributed by atoms with Gasteiger partial charge in [0, 0.05) is 0 Å². The van der Waals surface area contributed by atoms with Crippen LogP contribution in [0.2, 0.25) is 0 Å². The summed E-state index contributed by atoms with van der Waals surface area (Å²) < 4.78 is 0. The molecule has 4 N–H and O–H groups in total. The van der Waals surface area contributed by atoms with Gasteiger partial charge in [0.1, 0.15) is 5.54 Å². The van der Waals surface area contributed by atoms with Gasteiger partial charge in [-0.2, -0.15) is 5.10 Å². The summed E-state index contributed by atoms with van der Waals surface area (Å²) in [5.41, 5.74) is 8.09. The average Bonchev–Trinajstić information content (AvgIpc) is 2.71. The van der Waals surface area contributed by atoms with Gasteiger partial charge in [-0.1, -0.05) is 30.3 Å². The number of H-pyrrole nitrogens is 1. The van der Waals surface area contributed by atoms with E-state index in [1.807, 2.05) is 44.2 Å². The van der Waals surface area contributed by atoms with Gasteiger partial charge in [0.05, 0.1) is 17.1 Å². The van der Waals surface area contributed by atoms with Crippen LogP contribution in [-0.4, -0.2) is 16.1 Å². The maximum atomic E-state index is 12.4. The van der Waals surface area contributed by atoms with E-state index in [1.54, 1.807) is 6.92 Å². The van der Waals surface area contributed by atoms with Gasteiger partial charge in [-0.15, -0.1) is 0 Å². The maximum Gasteiger partial charge on any atom is 0.248 e. The molecule has 2 rings (SSSR count). The fourth-order valence-corrected chi connectivity index (χ4v) is 1.89. The second kappa shape index (κ2) is 4.85. The topological polar surface area (TPSA) is 83.8 Å². The van der Waals surface area contributed by atoms with E-state index >= 15 is 0 Å². The Morgan fingerprint density at radius 2 is 1.95 bits per heavy atom. The van der Waals surface area contributed by atoms with Gasteiger partial charge in [-0.25, -0.2) is 0 Å². The summed E-state index contributed by atoms with van der Waals surface area (Å²) >= 11 is 0. The van der Waals surface area contributed by atoms with Crippen molar-refractivity contribution in [1.82, 2.24) is 10.2 Å². The molecule has 0 fully saturated rings. The van der Waals surface area contributed by atoms with Crippen LogP contribution >= 0.6 is 0 Å². The first-order chi connectivity index (χ1) is 8.93. The molecule has 1 atom stereocenters. The van der Waals surface area contributed by atoms with Gasteiger partial charge in [0.2, 0.25) is 5.91 Å². The molecular formula is C14H18N4O. The van der Waals surface area contributed by atoms with Crippen molar-refractivity contribution in [2.45, 2.75) is 26.3 Å². The highest BCUT2D eigenvalue weighted by atomic mass is 16.2. The number of nitrogens with two attached hydrogens (primary N) is 1. The summed E-state index contributed by atoms with van der Waals surface area (Å²) in [6, 6.07) is 9.30. The van der Waals surface area contributed by atoms with Gasteiger partial charge in [-0.05, 0) is 26.3 Å². The number of aromatic amines is 1. The van der Waals surface area contributed by atoms with Crippen molar-refractivity contribution in [3.63, 3.8) is 0 Å². The fourth-order valence-electron chi connectivity index (χ4n) is 1.89. The number of aromatic nitrogens is 2. The third kappa shape index (κ3) is 2.51. The van der Waals surface area contributed by atoms with E-state index in [-0.39, 0.29) is 5.91 Å². The lowest BCUT2D eigenvalue weighted by Crippen LogP contribution is -2.45. The van der Waals surface area contributed by atoms with Crippen molar-refractivity contribution in [2.75, 3.05) is 5.32 Å². The molecule has 0 spiro atoms. The molecule has 19 heavy (non-hydrogen) atoms. The molecule has 1 amide bonds. The average molecular weight is 258 g/mol. The van der Waals surface area contributed by atoms with Crippen LogP contribution in [0.15, 0.2) is 30.3 Å². The molecular weight excluding hydrogens is 240 g/mol. The Kier molecular flexibility index (Phi) is 3.40. The smallest absolute Gasteiger partial charge is 0.248 e. The minimum atomic E-state index is -1.09. The minimum absolute atomic E-state index is 0.258. The number of carbonyl (C=O) groups is 1. The number of carbonyl (C=O) groups excluding carboxylic acids is 1. The van der Waals surface area contributed by atoms with Crippen molar-refractivity contribution < 1.29 is 4.79 Å². The lowest BCUT2D eigenvalue weighted by Gasteiger charge is -2.24. The SMILES string of the molecule is Cc1n[nH]c(C)c1NC(=O)C(C)(N)c1ccccc1. The molecule has 1 heterocycles. The van der Waals surface area contributed by atoms with Crippen LogP contribution in [0.5, 0.6) is 0 Å². The highest BCUT2D eigenvalue weighted by Gasteiger charge is 2.31. The Morgan fingerprint density at radius 3 is 2.47 bits per heavy atom. The largest absolute Gasteiger partial charge is 0.321 e. The predicted octanol–water partition coefficient (Wildman–Crippen LogP) is 1.84. The zero-order chi connectivity index (χ0) is 14.0. The molecule has 5 nitrogen and oxygen atoms in total. The van der Waals surface area contributed by atoms with Gasteiger partial charge in [-0.3, -0.25) is 9.89 Å². The number of aryl methyl sites for hydroxylation is 2. The van der Waals surface area contributed by atoms with Crippen molar-refractivity contribution in [2.24, 2.45) is 5.73 Å². The zero-order valence-electron chi connectivity index (χ0n) is 11.3. The van der Waals surface area contributed by atoms with Gasteiger partial charge < -0.3 is 11.1 Å². The van der Waals surface area contributed by atoms with Crippen LogP contribution in [0.3, 0.4) is 0 Å². The van der Waals surface area contributed by atoms with Gasteiger partial charge in [0.15, 0.2) is 0 Å². The lowest BCUT2D eigenvalue weighted by molar-refractivity contribution is -0.120. The van der Waals surface area contributed by atoms with E-state index in [0.29, 0.717) is 5.69 Å². The Labute approximate surface area is 112 Å². The van der Waals surface area contributed by atoms with Crippen LogP contribution in [0.25, 0.3) is 0 Å². The molecule has 5 heteroatoms. The second-order valence-electron chi connectivity index (χ2n) is 4.83. The highest BCUT2D eigenvalue weighted by molar-refractivity contribution is 5.99. The summed E-state index contributed by atoms with van der Waals surface area (Å²) in [6.45, 7) is 5.38. The van der Waals surface area contributed by atoms with E-state index in [2.05, 4.69) is 15.5 Å². The Balaban J connectivity index is 2.25. The minimum Gasteiger partial charge on any atom is -0.321 e. The number of hydrogen-bond acceptors (Lipinski definition) is 3. The highest BCUT2D eigenvalue weighted by Crippen LogP contribution is 2.22. The summed E-state index contributed by atoms with van der Waals surface area (Å²) in [5, 5.41) is 9.71. The molecule has 0 saturated carbocycles. The summed E-state index contributed by atoms with van der Waals surface area (Å²) in [7, 11) is 0. The number of hydrogen-bond donors (Lipinski definition) is 3. The van der Waals surface area contributed by atoms with Crippen LogP contribution in [0, 0.1) is 13.8 Å². The summed E-state index contributed by atoms with van der Waals surface area (Å²) in [6.07, 6.45) is 0. The van der Waals surface area contributed by atoms with Crippen LogP contribution in [-0.2, 0) is 10.3 Å². The molecule has 0 bridgehead atoms. The normalized spacial score (nSPS) is 13.9. The zero-order valence-corrected chi connectivity index (χ0v) is 11.3. The first kappa shape index (κ1) is 13.3. The third-order valence-corrected chi connectivity index (χ3v) is 3.21. The standard InChI is InChI=1S/C14H18N4O/c1-9-12(10(2)18-17-9)16-13(19)14(3,15)11-7-5-4-6-8-11/h4-8H,15H2,1-3H3,(H,16,19)(H,17,18). The predicted molar refractivity (Wildman–Crippen MR) is 74.7 cm³/mol. The first-order valence-electron chi connectivity index (χ1n) is 6.10. The quantitative estimate of drug-likeness (QED) is 0.785. The van der Waals surface area contributed by atoms with Crippen LogP contribution in [0.4, 0.5) is 5.69 Å². The van der Waals surface area contributed by atoms with Crippen molar-refractivity contribution in [3.05, 3.63) is 47.3 Å². The Morgan fingerprint density at radius 1 is 1.32 bits per heavy atom. The third-order valence-electron chi connectivity index (χ3n) is 3.21. The van der Waals surface area contributed by atoms with Gasteiger partial charge >= 0.3 is 0 Å². The van der Waals surface area contributed by atoms with E-state index < -0.39 is 5.54 Å². The van der Waals surface area contributed by atoms with E-state index in [1.165, 1.54) is 0 Å². The summed E-state index contributed by atoms with van der Waals surface area (Å²) in [5.74, 6) is -0.258. The summed E-state index contributed by atoms with van der Waals surface area (Å²) in [4.78, 5) is 12.4. The lowest BCUT2D eigenvalue weighted by atomic mass is 9.92. The van der Waals surface area contributed by atoms with Crippen molar-refractivity contribution >= 4 is 11.6 Å². The molecule has 0 saturated heterocycles. The molecule has 1 unspecified atom stereocenters. The Bertz CT molecular complexity index is 567. The van der Waals surface area contributed by atoms with E-state index in [0.717, 1.165) is 17.0 Å². The number of amides is 1. The molecule has 0 aliphatic carbocycles. The number of nitrogens with zero attached hydrogens (tertiary/aromatic N) is 1. The number of rotatable bonds is 3. The first-order valence-corrected chi connectivity index (χ1v) is 6.10. The monoisotopic (exact) mass is 258 g/mol. The maximum absolute atomic E-state index is 12.4. The Hall–Kier alpha value is -2.14. The van der Waals surface area contributed by atoms with E-state index in [4.69, 9.17) is 5.73 Å².